The second-order valence-electron chi connectivity index (χ2n) is 6.55. The van der Waals surface area contributed by atoms with Crippen molar-refractivity contribution in [2.45, 2.75) is 19.1 Å². The van der Waals surface area contributed by atoms with Gasteiger partial charge >= 0.3 is 0 Å². The van der Waals surface area contributed by atoms with Crippen LogP contribution in [0.5, 0.6) is 5.88 Å². The molecule has 1 aromatic carbocycles. The van der Waals surface area contributed by atoms with Gasteiger partial charge in [-0.1, -0.05) is 36.4 Å². The highest BCUT2D eigenvalue weighted by Gasteiger charge is 2.22. The Morgan fingerprint density at radius 2 is 1.93 bits per heavy atom. The van der Waals surface area contributed by atoms with Crippen LogP contribution in [0, 0.1) is 0 Å². The first kappa shape index (κ1) is 18.1. The smallest absolute Gasteiger partial charge is 0.260 e. The average Bonchev–Trinajstić information content (AvgIpc) is 3.26. The summed E-state index contributed by atoms with van der Waals surface area (Å²) in [5.74, 6) is 0.874. The van der Waals surface area contributed by atoms with Crippen LogP contribution in [0.1, 0.15) is 22.3 Å². The van der Waals surface area contributed by atoms with Crippen molar-refractivity contribution >= 4 is 11.7 Å². The van der Waals surface area contributed by atoms with Gasteiger partial charge in [-0.2, -0.15) is 0 Å². The van der Waals surface area contributed by atoms with Gasteiger partial charge in [0.05, 0.1) is 19.8 Å². The second kappa shape index (κ2) is 8.63. The molecule has 0 N–H and O–H groups in total. The molecule has 0 aliphatic carbocycles. The van der Waals surface area contributed by atoms with Gasteiger partial charge in [0.1, 0.15) is 11.9 Å². The fraction of sp³-hybridized carbons (Fsp3) is 0.227. The zero-order valence-electron chi connectivity index (χ0n) is 15.4. The summed E-state index contributed by atoms with van der Waals surface area (Å²) in [5, 5.41) is 0. The minimum Gasteiger partial charge on any atom is -0.472 e. The van der Waals surface area contributed by atoms with E-state index in [1.54, 1.807) is 29.4 Å². The lowest BCUT2D eigenvalue weighted by Gasteiger charge is -2.22. The Balaban J connectivity index is 1.59. The SMILES string of the molecule is O=C(c1ccnc(O[C@H]2CCOC2)c1)N(Cc1ccccc1)c1ccccn1. The number of amides is 1. The lowest BCUT2D eigenvalue weighted by Crippen LogP contribution is -2.31. The largest absolute Gasteiger partial charge is 0.472 e. The molecule has 1 saturated heterocycles. The molecule has 0 spiro atoms. The van der Waals surface area contributed by atoms with Crippen molar-refractivity contribution in [3.05, 3.63) is 84.2 Å². The minimum absolute atomic E-state index is 0.0194. The zero-order valence-corrected chi connectivity index (χ0v) is 15.4. The normalized spacial score (nSPS) is 15.9. The predicted octanol–water partition coefficient (Wildman–Crippen LogP) is 3.49. The highest BCUT2D eigenvalue weighted by Crippen LogP contribution is 2.21. The number of carbonyl (C=O) groups is 1. The highest BCUT2D eigenvalue weighted by atomic mass is 16.5. The summed E-state index contributed by atoms with van der Waals surface area (Å²) < 4.78 is 11.2. The highest BCUT2D eigenvalue weighted by molar-refractivity contribution is 6.05. The van der Waals surface area contributed by atoms with Crippen LogP contribution in [0.2, 0.25) is 0 Å². The van der Waals surface area contributed by atoms with E-state index in [0.717, 1.165) is 12.0 Å². The van der Waals surface area contributed by atoms with Crippen LogP contribution >= 0.6 is 0 Å². The number of hydrogen-bond acceptors (Lipinski definition) is 5. The van der Waals surface area contributed by atoms with Gasteiger partial charge in [0.15, 0.2) is 0 Å². The Labute approximate surface area is 163 Å². The number of nitrogens with zero attached hydrogens (tertiary/aromatic N) is 3. The monoisotopic (exact) mass is 375 g/mol. The van der Waals surface area contributed by atoms with Crippen LogP contribution < -0.4 is 9.64 Å². The van der Waals surface area contributed by atoms with Crippen molar-refractivity contribution in [1.29, 1.82) is 0 Å². The summed E-state index contributed by atoms with van der Waals surface area (Å²) in [6, 6.07) is 18.8. The maximum atomic E-state index is 13.3. The Morgan fingerprint density at radius 1 is 1.07 bits per heavy atom. The van der Waals surface area contributed by atoms with Crippen LogP contribution in [0.3, 0.4) is 0 Å². The molecule has 28 heavy (non-hydrogen) atoms. The maximum absolute atomic E-state index is 13.3. The molecule has 3 heterocycles. The molecule has 6 nitrogen and oxygen atoms in total. The average molecular weight is 375 g/mol. The summed E-state index contributed by atoms with van der Waals surface area (Å²) in [5.41, 5.74) is 1.53. The molecule has 1 fully saturated rings. The molecular weight excluding hydrogens is 354 g/mol. The van der Waals surface area contributed by atoms with E-state index in [0.29, 0.717) is 37.0 Å². The molecule has 1 atom stereocenters. The van der Waals surface area contributed by atoms with E-state index in [-0.39, 0.29) is 12.0 Å². The second-order valence-corrected chi connectivity index (χ2v) is 6.55. The number of rotatable bonds is 6. The van der Waals surface area contributed by atoms with Gasteiger partial charge in [0, 0.05) is 30.4 Å². The molecule has 6 heteroatoms. The predicted molar refractivity (Wildman–Crippen MR) is 105 cm³/mol. The molecule has 0 bridgehead atoms. The maximum Gasteiger partial charge on any atom is 0.260 e. The van der Waals surface area contributed by atoms with Crippen LogP contribution in [-0.4, -0.2) is 35.2 Å². The number of pyridine rings is 2. The van der Waals surface area contributed by atoms with Gasteiger partial charge in [-0.3, -0.25) is 9.69 Å². The number of carbonyl (C=O) groups excluding carboxylic acids is 1. The van der Waals surface area contributed by atoms with Gasteiger partial charge in [0.25, 0.3) is 5.91 Å². The first-order valence-electron chi connectivity index (χ1n) is 9.27. The van der Waals surface area contributed by atoms with Gasteiger partial charge in [0.2, 0.25) is 5.88 Å². The molecule has 1 amide bonds. The van der Waals surface area contributed by atoms with Crippen molar-refractivity contribution in [3.63, 3.8) is 0 Å². The first-order valence-corrected chi connectivity index (χ1v) is 9.27. The van der Waals surface area contributed by atoms with E-state index in [4.69, 9.17) is 9.47 Å². The molecule has 3 aromatic rings. The van der Waals surface area contributed by atoms with E-state index < -0.39 is 0 Å². The Hall–Kier alpha value is -3.25. The lowest BCUT2D eigenvalue weighted by molar-refractivity contribution is 0.0982. The summed E-state index contributed by atoms with van der Waals surface area (Å²) in [6.07, 6.45) is 4.08. The molecule has 4 rings (SSSR count). The lowest BCUT2D eigenvalue weighted by atomic mass is 10.1. The molecule has 2 aromatic heterocycles. The molecule has 0 saturated carbocycles. The van der Waals surface area contributed by atoms with Crippen molar-refractivity contribution in [3.8, 4) is 5.88 Å². The number of hydrogen-bond donors (Lipinski definition) is 0. The van der Waals surface area contributed by atoms with Gasteiger partial charge < -0.3 is 9.47 Å². The van der Waals surface area contributed by atoms with E-state index in [2.05, 4.69) is 9.97 Å². The summed E-state index contributed by atoms with van der Waals surface area (Å²) >= 11 is 0. The summed E-state index contributed by atoms with van der Waals surface area (Å²) in [7, 11) is 0. The third-order valence-corrected chi connectivity index (χ3v) is 4.51. The Kier molecular flexibility index (Phi) is 5.58. The topological polar surface area (TPSA) is 64.6 Å². The van der Waals surface area contributed by atoms with Gasteiger partial charge in [-0.05, 0) is 23.8 Å². The quantitative estimate of drug-likeness (QED) is 0.660. The van der Waals surface area contributed by atoms with Crippen molar-refractivity contribution < 1.29 is 14.3 Å². The van der Waals surface area contributed by atoms with Gasteiger partial charge in [-0.25, -0.2) is 9.97 Å². The molecule has 0 radical (unpaired) electrons. The minimum atomic E-state index is -0.155. The van der Waals surface area contributed by atoms with Crippen molar-refractivity contribution in [2.75, 3.05) is 18.1 Å². The number of benzene rings is 1. The van der Waals surface area contributed by atoms with E-state index in [9.17, 15) is 4.79 Å². The van der Waals surface area contributed by atoms with E-state index >= 15 is 0 Å². The van der Waals surface area contributed by atoms with Crippen LogP contribution in [0.4, 0.5) is 5.82 Å². The van der Waals surface area contributed by atoms with Crippen LogP contribution in [0.25, 0.3) is 0 Å². The molecule has 0 unspecified atom stereocenters. The van der Waals surface area contributed by atoms with Crippen LogP contribution in [-0.2, 0) is 11.3 Å². The fourth-order valence-electron chi connectivity index (χ4n) is 3.08. The zero-order chi connectivity index (χ0) is 19.2. The fourth-order valence-corrected chi connectivity index (χ4v) is 3.08. The first-order chi connectivity index (χ1) is 13.8. The Morgan fingerprint density at radius 3 is 2.68 bits per heavy atom. The summed E-state index contributed by atoms with van der Waals surface area (Å²) in [4.78, 5) is 23.6. The molecule has 1 aliphatic heterocycles. The van der Waals surface area contributed by atoms with Gasteiger partial charge in [-0.15, -0.1) is 0 Å². The molecule has 1 aliphatic rings. The van der Waals surface area contributed by atoms with Crippen LogP contribution in [0.15, 0.2) is 73.1 Å². The Bertz CT molecular complexity index is 913. The third kappa shape index (κ3) is 4.35. The molecule has 142 valence electrons. The summed E-state index contributed by atoms with van der Waals surface area (Å²) in [6.45, 7) is 1.66. The van der Waals surface area contributed by atoms with Crippen molar-refractivity contribution in [2.24, 2.45) is 0 Å². The standard InChI is InChI=1S/C22H21N3O3/c26-22(18-9-12-24-21(14-18)28-19-10-13-27-16-19)25(20-8-4-5-11-23-20)15-17-6-2-1-3-7-17/h1-9,11-12,14,19H,10,13,15-16H2/t19-/m0/s1. The van der Waals surface area contributed by atoms with E-state index in [1.807, 2.05) is 48.5 Å². The number of ether oxygens (including phenoxy) is 2. The number of aromatic nitrogens is 2. The third-order valence-electron chi connectivity index (χ3n) is 4.51. The van der Waals surface area contributed by atoms with E-state index in [1.165, 1.54) is 0 Å². The number of anilines is 1. The molecular formula is C22H21N3O3. The van der Waals surface area contributed by atoms with Crippen molar-refractivity contribution in [1.82, 2.24) is 9.97 Å².